The van der Waals surface area contributed by atoms with Crippen LogP contribution in [0.1, 0.15) is 4.88 Å². The molecule has 2 aromatic rings. The summed E-state index contributed by atoms with van der Waals surface area (Å²) in [5.74, 6) is 0. The normalized spacial score (nSPS) is 10.0. The topological polar surface area (TPSA) is 25.8 Å². The molecule has 0 radical (unpaired) electrons. The van der Waals surface area contributed by atoms with E-state index in [1.807, 2.05) is 6.08 Å². The predicted molar refractivity (Wildman–Crippen MR) is 59.2 cm³/mol. The van der Waals surface area contributed by atoms with Gasteiger partial charge in [0.2, 0.25) is 0 Å². The van der Waals surface area contributed by atoms with Gasteiger partial charge >= 0.3 is 0 Å². The van der Waals surface area contributed by atoms with Crippen molar-refractivity contribution in [3.05, 3.63) is 47.6 Å². The van der Waals surface area contributed by atoms with Crippen LogP contribution in [-0.4, -0.2) is 9.97 Å². The molecule has 2 nitrogen and oxygen atoms in total. The molecule has 0 bridgehead atoms. The van der Waals surface area contributed by atoms with Crippen molar-refractivity contribution in [1.29, 1.82) is 0 Å². The average molecular weight is 202 g/mol. The highest BCUT2D eigenvalue weighted by Crippen LogP contribution is 2.23. The minimum Gasteiger partial charge on any atom is -0.261 e. The van der Waals surface area contributed by atoms with Crippen LogP contribution in [-0.2, 0) is 6.42 Å². The monoisotopic (exact) mass is 202 g/mol. The van der Waals surface area contributed by atoms with Crippen LogP contribution in [0.25, 0.3) is 11.3 Å². The maximum Gasteiger partial charge on any atom is 0.0893 e. The van der Waals surface area contributed by atoms with Gasteiger partial charge in [0.05, 0.1) is 11.9 Å². The number of thiophene rings is 1. The molecule has 0 saturated carbocycles. The van der Waals surface area contributed by atoms with E-state index < -0.39 is 0 Å². The van der Waals surface area contributed by atoms with E-state index in [1.54, 1.807) is 29.9 Å². The molecule has 0 unspecified atom stereocenters. The van der Waals surface area contributed by atoms with E-state index in [0.717, 1.165) is 17.7 Å². The summed E-state index contributed by atoms with van der Waals surface area (Å²) in [6.45, 7) is 3.72. The van der Waals surface area contributed by atoms with Crippen molar-refractivity contribution in [1.82, 2.24) is 9.97 Å². The summed E-state index contributed by atoms with van der Waals surface area (Å²) in [6, 6.07) is 2.14. The molecule has 0 atom stereocenters. The molecule has 0 aliphatic rings. The first-order valence-corrected chi connectivity index (χ1v) is 5.23. The standard InChI is InChI=1S/C11H10N2S/c1-2-3-10-6-9(8-14-10)11-7-12-4-5-13-11/h2,4-8H,1,3H2. The fraction of sp³-hybridized carbons (Fsp3) is 0.0909. The maximum atomic E-state index is 4.24. The third-order valence-electron chi connectivity index (χ3n) is 1.86. The highest BCUT2D eigenvalue weighted by molar-refractivity contribution is 7.10. The number of rotatable bonds is 3. The molecule has 14 heavy (non-hydrogen) atoms. The van der Waals surface area contributed by atoms with E-state index in [-0.39, 0.29) is 0 Å². The Morgan fingerprint density at radius 2 is 2.36 bits per heavy atom. The third-order valence-corrected chi connectivity index (χ3v) is 2.82. The Morgan fingerprint density at radius 1 is 1.43 bits per heavy atom. The predicted octanol–water partition coefficient (Wildman–Crippen LogP) is 2.93. The summed E-state index contributed by atoms with van der Waals surface area (Å²) in [7, 11) is 0. The second-order valence-corrected chi connectivity index (χ2v) is 3.88. The van der Waals surface area contributed by atoms with Gasteiger partial charge in [0, 0.05) is 28.2 Å². The Hall–Kier alpha value is -1.48. The zero-order valence-corrected chi connectivity index (χ0v) is 8.50. The molecular weight excluding hydrogens is 192 g/mol. The molecule has 0 N–H and O–H groups in total. The van der Waals surface area contributed by atoms with E-state index >= 15 is 0 Å². The van der Waals surface area contributed by atoms with Crippen LogP contribution in [0, 0.1) is 0 Å². The van der Waals surface area contributed by atoms with E-state index in [2.05, 4.69) is 28.0 Å². The van der Waals surface area contributed by atoms with Gasteiger partial charge in [-0.1, -0.05) is 6.08 Å². The van der Waals surface area contributed by atoms with E-state index in [1.165, 1.54) is 4.88 Å². The molecule has 2 rings (SSSR count). The maximum absolute atomic E-state index is 4.24. The highest BCUT2D eigenvalue weighted by Gasteiger charge is 2.01. The SMILES string of the molecule is C=CCc1cc(-c2cnccn2)cs1. The Balaban J connectivity index is 2.29. The van der Waals surface area contributed by atoms with Crippen molar-refractivity contribution in [3.63, 3.8) is 0 Å². The van der Waals surface area contributed by atoms with Crippen LogP contribution in [0.2, 0.25) is 0 Å². The highest BCUT2D eigenvalue weighted by atomic mass is 32.1. The van der Waals surface area contributed by atoms with Gasteiger partial charge in [-0.3, -0.25) is 9.97 Å². The molecular formula is C11H10N2S. The summed E-state index contributed by atoms with van der Waals surface area (Å²) in [5, 5.41) is 2.10. The number of allylic oxidation sites excluding steroid dienone is 1. The van der Waals surface area contributed by atoms with Crippen LogP contribution in [0.3, 0.4) is 0 Å². The minimum absolute atomic E-state index is 0.922. The third kappa shape index (κ3) is 1.88. The lowest BCUT2D eigenvalue weighted by Crippen LogP contribution is -1.80. The van der Waals surface area contributed by atoms with Gasteiger partial charge < -0.3 is 0 Å². The quantitative estimate of drug-likeness (QED) is 0.715. The fourth-order valence-corrected chi connectivity index (χ4v) is 2.09. The zero-order chi connectivity index (χ0) is 9.80. The molecule has 2 aromatic heterocycles. The van der Waals surface area contributed by atoms with Crippen molar-refractivity contribution >= 4 is 11.3 Å². The zero-order valence-electron chi connectivity index (χ0n) is 7.68. The molecule has 3 heteroatoms. The van der Waals surface area contributed by atoms with Crippen LogP contribution in [0.4, 0.5) is 0 Å². The molecule has 0 aromatic carbocycles. The number of hydrogen-bond acceptors (Lipinski definition) is 3. The van der Waals surface area contributed by atoms with Gasteiger partial charge in [-0.05, 0) is 12.5 Å². The number of hydrogen-bond donors (Lipinski definition) is 0. The lowest BCUT2D eigenvalue weighted by molar-refractivity contribution is 1.21. The van der Waals surface area contributed by atoms with Crippen molar-refractivity contribution < 1.29 is 0 Å². The first-order chi connectivity index (χ1) is 6.90. The Labute approximate surface area is 87.0 Å². The molecule has 0 fully saturated rings. The van der Waals surface area contributed by atoms with Crippen molar-refractivity contribution in [2.24, 2.45) is 0 Å². The molecule has 0 aliphatic heterocycles. The van der Waals surface area contributed by atoms with Gasteiger partial charge in [0.25, 0.3) is 0 Å². The van der Waals surface area contributed by atoms with Crippen LogP contribution in [0.15, 0.2) is 42.7 Å². The van der Waals surface area contributed by atoms with Gasteiger partial charge in [-0.15, -0.1) is 17.9 Å². The summed E-state index contributed by atoms with van der Waals surface area (Å²) in [5.41, 5.74) is 2.07. The Kier molecular flexibility index (Phi) is 2.70. The summed E-state index contributed by atoms with van der Waals surface area (Å²) < 4.78 is 0. The summed E-state index contributed by atoms with van der Waals surface area (Å²) >= 11 is 1.73. The van der Waals surface area contributed by atoms with Crippen molar-refractivity contribution in [3.8, 4) is 11.3 Å². The molecule has 0 amide bonds. The van der Waals surface area contributed by atoms with Gasteiger partial charge in [-0.25, -0.2) is 0 Å². The first-order valence-electron chi connectivity index (χ1n) is 4.35. The van der Waals surface area contributed by atoms with E-state index in [0.29, 0.717) is 0 Å². The van der Waals surface area contributed by atoms with Crippen molar-refractivity contribution in [2.75, 3.05) is 0 Å². The number of nitrogens with zero attached hydrogens (tertiary/aromatic N) is 2. The lowest BCUT2D eigenvalue weighted by atomic mass is 10.2. The molecule has 0 saturated heterocycles. The fourth-order valence-electron chi connectivity index (χ4n) is 1.21. The molecule has 2 heterocycles. The molecule has 0 spiro atoms. The van der Waals surface area contributed by atoms with Gasteiger partial charge in [0.1, 0.15) is 0 Å². The van der Waals surface area contributed by atoms with Crippen LogP contribution < -0.4 is 0 Å². The second kappa shape index (κ2) is 4.15. The van der Waals surface area contributed by atoms with E-state index in [9.17, 15) is 0 Å². The molecule has 0 aliphatic carbocycles. The number of aromatic nitrogens is 2. The van der Waals surface area contributed by atoms with E-state index in [4.69, 9.17) is 0 Å². The lowest BCUT2D eigenvalue weighted by Gasteiger charge is -1.92. The summed E-state index contributed by atoms with van der Waals surface area (Å²) in [4.78, 5) is 9.59. The van der Waals surface area contributed by atoms with Gasteiger partial charge in [-0.2, -0.15) is 0 Å². The Morgan fingerprint density at radius 3 is 3.07 bits per heavy atom. The summed E-state index contributed by atoms with van der Waals surface area (Å²) in [6.07, 6.45) is 8.00. The Bertz CT molecular complexity index is 420. The smallest absolute Gasteiger partial charge is 0.0893 e. The first kappa shape index (κ1) is 9.09. The largest absolute Gasteiger partial charge is 0.261 e. The average Bonchev–Trinajstić information content (AvgIpc) is 2.68. The van der Waals surface area contributed by atoms with Gasteiger partial charge in [0.15, 0.2) is 0 Å². The van der Waals surface area contributed by atoms with Crippen molar-refractivity contribution in [2.45, 2.75) is 6.42 Å². The minimum atomic E-state index is 0.922. The molecule has 70 valence electrons. The van der Waals surface area contributed by atoms with Crippen LogP contribution >= 0.6 is 11.3 Å². The second-order valence-electron chi connectivity index (χ2n) is 2.89. The van der Waals surface area contributed by atoms with Crippen LogP contribution in [0.5, 0.6) is 0 Å².